The lowest BCUT2D eigenvalue weighted by atomic mass is 10.1. The molecule has 174 valence electrons. The number of methoxy groups -OCH3 is 1. The number of amides is 1. The van der Waals surface area contributed by atoms with Crippen LogP contribution >= 0.6 is 0 Å². The van der Waals surface area contributed by atoms with Crippen molar-refractivity contribution in [2.45, 2.75) is 13.2 Å². The van der Waals surface area contributed by atoms with Gasteiger partial charge in [-0.2, -0.15) is 0 Å². The molecule has 0 saturated carbocycles. The van der Waals surface area contributed by atoms with E-state index in [1.54, 1.807) is 31.4 Å². The number of nitrogens with zero attached hydrogens (tertiary/aromatic N) is 1. The summed E-state index contributed by atoms with van der Waals surface area (Å²) >= 11 is 0. The molecule has 0 aromatic heterocycles. The SMILES string of the molecule is COCc1cccc(NC(=O)c2ccc(CN(c3ccc4ccccc4c3)S(C)(=O)=O)cc2)c1. The molecule has 4 aromatic rings. The summed E-state index contributed by atoms with van der Waals surface area (Å²) in [5.74, 6) is -0.240. The Labute approximate surface area is 199 Å². The smallest absolute Gasteiger partial charge is 0.255 e. The van der Waals surface area contributed by atoms with Gasteiger partial charge in [0.2, 0.25) is 10.0 Å². The summed E-state index contributed by atoms with van der Waals surface area (Å²) < 4.78 is 31.7. The van der Waals surface area contributed by atoms with Gasteiger partial charge in [0.25, 0.3) is 5.91 Å². The fourth-order valence-corrected chi connectivity index (χ4v) is 4.65. The largest absolute Gasteiger partial charge is 0.380 e. The molecule has 0 saturated heterocycles. The molecule has 0 atom stereocenters. The number of rotatable bonds is 8. The molecule has 6 nitrogen and oxygen atoms in total. The fourth-order valence-electron chi connectivity index (χ4n) is 3.77. The quantitative estimate of drug-likeness (QED) is 0.381. The number of carbonyl (C=O) groups excluding carboxylic acids is 1. The fraction of sp³-hybridized carbons (Fsp3) is 0.148. The maximum Gasteiger partial charge on any atom is 0.255 e. The van der Waals surface area contributed by atoms with Gasteiger partial charge in [-0.3, -0.25) is 9.10 Å². The summed E-state index contributed by atoms with van der Waals surface area (Å²) in [5.41, 5.74) is 3.50. The van der Waals surface area contributed by atoms with Gasteiger partial charge in [-0.15, -0.1) is 0 Å². The van der Waals surface area contributed by atoms with E-state index in [0.717, 1.165) is 21.9 Å². The molecule has 0 aliphatic heterocycles. The highest BCUT2D eigenvalue weighted by Crippen LogP contribution is 2.26. The van der Waals surface area contributed by atoms with Crippen LogP contribution in [0.2, 0.25) is 0 Å². The van der Waals surface area contributed by atoms with E-state index >= 15 is 0 Å². The van der Waals surface area contributed by atoms with Crippen LogP contribution in [0.5, 0.6) is 0 Å². The average molecular weight is 475 g/mol. The molecule has 1 N–H and O–H groups in total. The standard InChI is InChI=1S/C27H26N2O4S/c1-33-19-21-6-5-9-25(16-21)28-27(30)23-12-10-20(11-13-23)18-29(34(2,31)32)26-15-14-22-7-3-4-8-24(22)17-26/h3-17H,18-19H2,1-2H3,(H,28,30). The number of nitrogens with one attached hydrogen (secondary N) is 1. The molecular formula is C27H26N2O4S. The maximum absolute atomic E-state index is 12.7. The second-order valence-corrected chi connectivity index (χ2v) is 9.99. The summed E-state index contributed by atoms with van der Waals surface area (Å²) in [5, 5.41) is 4.90. The molecule has 0 heterocycles. The molecule has 34 heavy (non-hydrogen) atoms. The third kappa shape index (κ3) is 5.62. The first kappa shape index (κ1) is 23.5. The summed E-state index contributed by atoms with van der Waals surface area (Å²) in [7, 11) is -1.89. The van der Waals surface area contributed by atoms with Crippen molar-refractivity contribution in [3.63, 3.8) is 0 Å². The number of benzene rings is 4. The van der Waals surface area contributed by atoms with Crippen molar-refractivity contribution >= 4 is 38.1 Å². The Morgan fingerprint density at radius 3 is 2.29 bits per heavy atom. The monoisotopic (exact) mass is 474 g/mol. The van der Waals surface area contributed by atoms with Crippen LogP contribution in [-0.2, 0) is 27.9 Å². The summed E-state index contributed by atoms with van der Waals surface area (Å²) in [6, 6.07) is 27.8. The highest BCUT2D eigenvalue weighted by atomic mass is 32.2. The van der Waals surface area contributed by atoms with Crippen LogP contribution in [0.4, 0.5) is 11.4 Å². The van der Waals surface area contributed by atoms with Crippen molar-refractivity contribution in [1.29, 1.82) is 0 Å². The topological polar surface area (TPSA) is 75.7 Å². The lowest BCUT2D eigenvalue weighted by molar-refractivity contribution is 0.102. The molecule has 0 spiro atoms. The highest BCUT2D eigenvalue weighted by molar-refractivity contribution is 7.92. The van der Waals surface area contributed by atoms with E-state index in [1.807, 2.05) is 66.7 Å². The van der Waals surface area contributed by atoms with E-state index in [1.165, 1.54) is 10.6 Å². The molecule has 0 radical (unpaired) electrons. The van der Waals surface area contributed by atoms with E-state index in [9.17, 15) is 13.2 Å². The van der Waals surface area contributed by atoms with Crippen molar-refractivity contribution in [2.75, 3.05) is 23.0 Å². The molecular weight excluding hydrogens is 448 g/mol. The molecule has 0 bridgehead atoms. The van der Waals surface area contributed by atoms with Gasteiger partial charge < -0.3 is 10.1 Å². The van der Waals surface area contributed by atoms with Crippen LogP contribution in [0.1, 0.15) is 21.5 Å². The molecule has 0 aliphatic rings. The zero-order valence-electron chi connectivity index (χ0n) is 19.1. The van der Waals surface area contributed by atoms with Gasteiger partial charge >= 0.3 is 0 Å². The van der Waals surface area contributed by atoms with E-state index in [2.05, 4.69) is 5.32 Å². The first-order valence-electron chi connectivity index (χ1n) is 10.8. The van der Waals surface area contributed by atoms with Gasteiger partial charge in [0.1, 0.15) is 0 Å². The van der Waals surface area contributed by atoms with Crippen LogP contribution < -0.4 is 9.62 Å². The number of fused-ring (bicyclic) bond motifs is 1. The van der Waals surface area contributed by atoms with Gasteiger partial charge in [0.15, 0.2) is 0 Å². The minimum Gasteiger partial charge on any atom is -0.380 e. The summed E-state index contributed by atoms with van der Waals surface area (Å²) in [4.78, 5) is 12.7. The number of hydrogen-bond acceptors (Lipinski definition) is 4. The van der Waals surface area contributed by atoms with Gasteiger partial charge in [-0.25, -0.2) is 8.42 Å². The van der Waals surface area contributed by atoms with Gasteiger partial charge in [0, 0.05) is 18.4 Å². The van der Waals surface area contributed by atoms with Crippen molar-refractivity contribution in [3.8, 4) is 0 Å². The van der Waals surface area contributed by atoms with Crippen LogP contribution in [0.15, 0.2) is 91.0 Å². The molecule has 0 aliphatic carbocycles. The van der Waals surface area contributed by atoms with Crippen molar-refractivity contribution < 1.29 is 17.9 Å². The second-order valence-electron chi connectivity index (χ2n) is 8.09. The van der Waals surface area contributed by atoms with E-state index in [4.69, 9.17) is 4.74 Å². The molecule has 1 amide bonds. The first-order valence-corrected chi connectivity index (χ1v) is 12.6. The van der Waals surface area contributed by atoms with E-state index < -0.39 is 10.0 Å². The molecule has 0 unspecified atom stereocenters. The molecule has 7 heteroatoms. The summed E-state index contributed by atoms with van der Waals surface area (Å²) in [6.45, 7) is 0.630. The maximum atomic E-state index is 12.7. The first-order chi connectivity index (χ1) is 16.3. The van der Waals surface area contributed by atoms with Crippen LogP contribution in [0.25, 0.3) is 10.8 Å². The zero-order chi connectivity index (χ0) is 24.1. The predicted octanol–water partition coefficient (Wildman–Crippen LogP) is 5.20. The number of hydrogen-bond donors (Lipinski definition) is 1. The Morgan fingerprint density at radius 2 is 1.59 bits per heavy atom. The van der Waals surface area contributed by atoms with Gasteiger partial charge in [-0.1, -0.05) is 54.6 Å². The third-order valence-electron chi connectivity index (χ3n) is 5.46. The molecule has 4 aromatic carbocycles. The summed E-state index contributed by atoms with van der Waals surface area (Å²) in [6.07, 6.45) is 1.20. The lowest BCUT2D eigenvalue weighted by Gasteiger charge is -2.23. The van der Waals surface area contributed by atoms with Crippen molar-refractivity contribution in [3.05, 3.63) is 108 Å². The Kier molecular flexibility index (Phi) is 6.95. The van der Waals surface area contributed by atoms with E-state index in [0.29, 0.717) is 23.5 Å². The van der Waals surface area contributed by atoms with Crippen LogP contribution in [0.3, 0.4) is 0 Å². The van der Waals surface area contributed by atoms with Crippen molar-refractivity contribution in [2.24, 2.45) is 0 Å². The lowest BCUT2D eigenvalue weighted by Crippen LogP contribution is -2.29. The Balaban J connectivity index is 1.51. The van der Waals surface area contributed by atoms with Gasteiger partial charge in [-0.05, 0) is 58.3 Å². The number of sulfonamides is 1. The minimum absolute atomic E-state index is 0.165. The Morgan fingerprint density at radius 1 is 0.853 bits per heavy atom. The Hall–Kier alpha value is -3.68. The minimum atomic E-state index is -3.52. The van der Waals surface area contributed by atoms with Gasteiger partial charge in [0.05, 0.1) is 25.1 Å². The van der Waals surface area contributed by atoms with Crippen molar-refractivity contribution in [1.82, 2.24) is 0 Å². The molecule has 0 fully saturated rings. The normalized spacial score (nSPS) is 11.4. The average Bonchev–Trinajstić information content (AvgIpc) is 2.82. The van der Waals surface area contributed by atoms with E-state index in [-0.39, 0.29) is 12.5 Å². The number of carbonyl (C=O) groups is 1. The second kappa shape index (κ2) is 10.1. The molecule has 4 rings (SSSR count). The number of anilines is 2. The Bertz CT molecular complexity index is 1420. The third-order valence-corrected chi connectivity index (χ3v) is 6.60. The predicted molar refractivity (Wildman–Crippen MR) is 137 cm³/mol. The highest BCUT2D eigenvalue weighted by Gasteiger charge is 2.18. The number of ether oxygens (including phenoxy) is 1. The van der Waals surface area contributed by atoms with Crippen LogP contribution in [-0.4, -0.2) is 27.7 Å². The van der Waals surface area contributed by atoms with Crippen LogP contribution in [0, 0.1) is 0 Å². The zero-order valence-corrected chi connectivity index (χ0v) is 19.9.